The first kappa shape index (κ1) is 8.60. The van der Waals surface area contributed by atoms with E-state index in [-0.39, 0.29) is 0 Å². The second-order valence-corrected chi connectivity index (χ2v) is 3.50. The van der Waals surface area contributed by atoms with Gasteiger partial charge in [-0.25, -0.2) is 0 Å². The lowest BCUT2D eigenvalue weighted by Crippen LogP contribution is -2.23. The maximum Gasteiger partial charge on any atom is 0.0295 e. The molecule has 1 rings (SSSR count). The Morgan fingerprint density at radius 3 is 2.73 bits per heavy atom. The Labute approximate surface area is 69.3 Å². The van der Waals surface area contributed by atoms with Gasteiger partial charge >= 0.3 is 0 Å². The van der Waals surface area contributed by atoms with Gasteiger partial charge in [-0.1, -0.05) is 13.0 Å². The van der Waals surface area contributed by atoms with Crippen molar-refractivity contribution in [2.24, 2.45) is 5.92 Å². The normalized spacial score (nSPS) is 33.4. The largest absolute Gasteiger partial charge is 0.394 e. The fraction of sp³-hybridized carbons (Fsp3) is 0.778. The first-order chi connectivity index (χ1) is 5.24. The molecule has 0 radical (unpaired) electrons. The van der Waals surface area contributed by atoms with E-state index in [4.69, 9.17) is 0 Å². The lowest BCUT2D eigenvalue weighted by Gasteiger charge is -2.14. The summed E-state index contributed by atoms with van der Waals surface area (Å²) in [5.41, 5.74) is 0. The summed E-state index contributed by atoms with van der Waals surface area (Å²) in [5, 5.41) is 3.02. The Bertz CT molecular complexity index is 142. The highest BCUT2D eigenvalue weighted by Crippen LogP contribution is 2.21. The molecule has 0 aromatic carbocycles. The van der Waals surface area contributed by atoms with Crippen LogP contribution in [0.1, 0.15) is 13.3 Å². The van der Waals surface area contributed by atoms with E-state index in [1.165, 1.54) is 13.0 Å². The SMILES string of the molecule is CN/C=C/C1CC(C)CN1C. The molecule has 2 heteroatoms. The van der Waals surface area contributed by atoms with E-state index >= 15 is 0 Å². The minimum absolute atomic E-state index is 0.650. The summed E-state index contributed by atoms with van der Waals surface area (Å²) in [6.45, 7) is 3.54. The van der Waals surface area contributed by atoms with E-state index in [1.807, 2.05) is 13.2 Å². The van der Waals surface area contributed by atoms with Crippen LogP contribution in [0.25, 0.3) is 0 Å². The summed E-state index contributed by atoms with van der Waals surface area (Å²) in [5.74, 6) is 0.853. The van der Waals surface area contributed by atoms with Crippen LogP contribution in [0.5, 0.6) is 0 Å². The number of hydrogen-bond acceptors (Lipinski definition) is 2. The number of likely N-dealkylation sites (N-methyl/N-ethyl adjacent to an activating group) is 1. The Morgan fingerprint density at radius 1 is 1.55 bits per heavy atom. The molecule has 1 aliphatic heterocycles. The van der Waals surface area contributed by atoms with Crippen molar-refractivity contribution in [3.63, 3.8) is 0 Å². The van der Waals surface area contributed by atoms with Gasteiger partial charge in [0, 0.05) is 19.6 Å². The minimum Gasteiger partial charge on any atom is -0.394 e. The zero-order valence-electron chi connectivity index (χ0n) is 7.67. The zero-order chi connectivity index (χ0) is 8.27. The molecular weight excluding hydrogens is 136 g/mol. The molecule has 2 unspecified atom stereocenters. The molecule has 0 amide bonds. The van der Waals surface area contributed by atoms with Gasteiger partial charge in [0.25, 0.3) is 0 Å². The van der Waals surface area contributed by atoms with Crippen LogP contribution in [0.2, 0.25) is 0 Å². The lowest BCUT2D eigenvalue weighted by molar-refractivity contribution is 0.350. The molecule has 11 heavy (non-hydrogen) atoms. The Morgan fingerprint density at radius 2 is 2.27 bits per heavy atom. The summed E-state index contributed by atoms with van der Waals surface area (Å²) in [6.07, 6.45) is 5.57. The molecule has 0 aromatic heterocycles. The minimum atomic E-state index is 0.650. The summed E-state index contributed by atoms with van der Waals surface area (Å²) in [7, 11) is 4.13. The van der Waals surface area contributed by atoms with Crippen LogP contribution >= 0.6 is 0 Å². The summed E-state index contributed by atoms with van der Waals surface area (Å²) in [6, 6.07) is 0.650. The van der Waals surface area contributed by atoms with Crippen molar-refractivity contribution in [2.45, 2.75) is 19.4 Å². The molecular formula is C9H18N2. The molecule has 0 bridgehead atoms. The van der Waals surface area contributed by atoms with Crippen molar-refractivity contribution < 1.29 is 0 Å². The first-order valence-corrected chi connectivity index (χ1v) is 4.28. The maximum atomic E-state index is 3.02. The van der Waals surface area contributed by atoms with Crippen molar-refractivity contribution in [1.82, 2.24) is 10.2 Å². The monoisotopic (exact) mass is 154 g/mol. The van der Waals surface area contributed by atoms with Crippen LogP contribution in [0.15, 0.2) is 12.3 Å². The Balaban J connectivity index is 2.40. The van der Waals surface area contributed by atoms with E-state index in [2.05, 4.69) is 30.3 Å². The van der Waals surface area contributed by atoms with Crippen molar-refractivity contribution in [2.75, 3.05) is 20.6 Å². The molecule has 1 saturated heterocycles. The smallest absolute Gasteiger partial charge is 0.0295 e. The number of rotatable bonds is 2. The predicted octanol–water partition coefficient (Wildman–Crippen LogP) is 1.06. The van der Waals surface area contributed by atoms with Gasteiger partial charge in [-0.05, 0) is 25.6 Å². The van der Waals surface area contributed by atoms with Gasteiger partial charge in [-0.2, -0.15) is 0 Å². The van der Waals surface area contributed by atoms with Gasteiger partial charge in [0.2, 0.25) is 0 Å². The summed E-state index contributed by atoms with van der Waals surface area (Å²) >= 11 is 0. The second-order valence-electron chi connectivity index (χ2n) is 3.50. The average Bonchev–Trinajstić information content (AvgIpc) is 2.26. The van der Waals surface area contributed by atoms with Gasteiger partial charge < -0.3 is 5.32 Å². The quantitative estimate of drug-likeness (QED) is 0.640. The van der Waals surface area contributed by atoms with E-state index < -0.39 is 0 Å². The van der Waals surface area contributed by atoms with Crippen LogP contribution < -0.4 is 5.32 Å². The van der Waals surface area contributed by atoms with Crippen LogP contribution in [-0.2, 0) is 0 Å². The van der Waals surface area contributed by atoms with Gasteiger partial charge in [-0.15, -0.1) is 0 Å². The number of nitrogens with zero attached hydrogens (tertiary/aromatic N) is 1. The van der Waals surface area contributed by atoms with Crippen LogP contribution in [0.4, 0.5) is 0 Å². The first-order valence-electron chi connectivity index (χ1n) is 4.28. The molecule has 1 N–H and O–H groups in total. The lowest BCUT2D eigenvalue weighted by atomic mass is 10.1. The highest BCUT2D eigenvalue weighted by molar-refractivity contribution is 4.96. The van der Waals surface area contributed by atoms with E-state index in [0.717, 1.165) is 5.92 Å². The topological polar surface area (TPSA) is 15.3 Å². The molecule has 1 aliphatic rings. The summed E-state index contributed by atoms with van der Waals surface area (Å²) in [4.78, 5) is 2.40. The van der Waals surface area contributed by atoms with Gasteiger partial charge in [-0.3, -0.25) is 4.90 Å². The maximum absolute atomic E-state index is 3.02. The molecule has 2 nitrogen and oxygen atoms in total. The van der Waals surface area contributed by atoms with Crippen LogP contribution in [-0.4, -0.2) is 31.6 Å². The standard InChI is InChI=1S/C9H18N2/c1-8-6-9(4-5-10-2)11(3)7-8/h4-5,8-10H,6-7H2,1-3H3/b5-4+. The number of hydrogen-bond donors (Lipinski definition) is 1. The van der Waals surface area contributed by atoms with Crippen molar-refractivity contribution >= 4 is 0 Å². The van der Waals surface area contributed by atoms with Crippen molar-refractivity contribution in [1.29, 1.82) is 0 Å². The molecule has 2 atom stereocenters. The Kier molecular flexibility index (Phi) is 2.94. The molecule has 0 aromatic rings. The zero-order valence-corrected chi connectivity index (χ0v) is 7.67. The molecule has 1 heterocycles. The molecule has 64 valence electrons. The van der Waals surface area contributed by atoms with Gasteiger partial charge in [0.15, 0.2) is 0 Å². The highest BCUT2D eigenvalue weighted by atomic mass is 15.1. The second kappa shape index (κ2) is 3.77. The van der Waals surface area contributed by atoms with E-state index in [0.29, 0.717) is 6.04 Å². The third kappa shape index (κ3) is 2.22. The van der Waals surface area contributed by atoms with E-state index in [1.54, 1.807) is 0 Å². The molecule has 0 aliphatic carbocycles. The fourth-order valence-corrected chi connectivity index (χ4v) is 1.73. The van der Waals surface area contributed by atoms with E-state index in [9.17, 15) is 0 Å². The van der Waals surface area contributed by atoms with Gasteiger partial charge in [0.1, 0.15) is 0 Å². The number of likely N-dealkylation sites (tertiary alicyclic amines) is 1. The highest BCUT2D eigenvalue weighted by Gasteiger charge is 2.23. The molecule has 0 spiro atoms. The van der Waals surface area contributed by atoms with Crippen LogP contribution in [0.3, 0.4) is 0 Å². The van der Waals surface area contributed by atoms with Gasteiger partial charge in [0.05, 0.1) is 0 Å². The van der Waals surface area contributed by atoms with Crippen molar-refractivity contribution in [3.8, 4) is 0 Å². The number of nitrogens with one attached hydrogen (secondary N) is 1. The van der Waals surface area contributed by atoms with Crippen LogP contribution in [0, 0.1) is 5.92 Å². The molecule has 0 saturated carbocycles. The summed E-state index contributed by atoms with van der Waals surface area (Å²) < 4.78 is 0. The van der Waals surface area contributed by atoms with Crippen molar-refractivity contribution in [3.05, 3.63) is 12.3 Å². The predicted molar refractivity (Wildman–Crippen MR) is 48.4 cm³/mol. The third-order valence-electron chi connectivity index (χ3n) is 2.29. The third-order valence-corrected chi connectivity index (χ3v) is 2.29. The Hall–Kier alpha value is -0.500. The fourth-order valence-electron chi connectivity index (χ4n) is 1.73. The molecule has 1 fully saturated rings. The average molecular weight is 154 g/mol.